The summed E-state index contributed by atoms with van der Waals surface area (Å²) in [6.45, 7) is 2.30. The van der Waals surface area contributed by atoms with Crippen LogP contribution in [0.5, 0.6) is 11.5 Å². The van der Waals surface area contributed by atoms with E-state index in [1.165, 1.54) is 11.1 Å². The van der Waals surface area contributed by atoms with Gasteiger partial charge in [0.05, 0.1) is 11.0 Å². The van der Waals surface area contributed by atoms with Gasteiger partial charge in [-0.3, -0.25) is 4.79 Å². The van der Waals surface area contributed by atoms with Gasteiger partial charge in [0, 0.05) is 11.8 Å². The molecule has 0 bridgehead atoms. The minimum Gasteiger partial charge on any atom is -0.454 e. The molecular weight excluding hydrogens is 298 g/mol. The van der Waals surface area contributed by atoms with E-state index in [9.17, 15) is 4.79 Å². The second-order valence-corrected chi connectivity index (χ2v) is 6.54. The molecule has 0 saturated carbocycles. The monoisotopic (exact) mass is 313 g/mol. The highest BCUT2D eigenvalue weighted by molar-refractivity contribution is 8.00. The Morgan fingerprint density at radius 3 is 2.64 bits per heavy atom. The molecule has 0 radical (unpaired) electrons. The fraction of sp³-hybridized carbons (Fsp3) is 0.235. The standard InChI is InChI=1S/C17H15NO3S/c1-10-2-4-11(5-3-10)17-12-6-14-15(21-9-20-14)7-13(12)18-16(19)8-22-17/h2-7,17H,8-9H2,1H3,(H,18,19). The highest BCUT2D eigenvalue weighted by Crippen LogP contribution is 2.46. The molecule has 1 atom stereocenters. The van der Waals surface area contributed by atoms with E-state index in [1.807, 2.05) is 12.1 Å². The van der Waals surface area contributed by atoms with Crippen molar-refractivity contribution in [3.05, 3.63) is 53.1 Å². The van der Waals surface area contributed by atoms with E-state index in [0.717, 1.165) is 17.0 Å². The summed E-state index contributed by atoms with van der Waals surface area (Å²) in [4.78, 5) is 12.0. The Labute approximate surface area is 132 Å². The Morgan fingerprint density at radius 1 is 1.14 bits per heavy atom. The lowest BCUT2D eigenvalue weighted by molar-refractivity contribution is -0.113. The summed E-state index contributed by atoms with van der Waals surface area (Å²) in [6.07, 6.45) is 0. The fourth-order valence-corrected chi connectivity index (χ4v) is 3.85. The van der Waals surface area contributed by atoms with Crippen molar-refractivity contribution in [1.29, 1.82) is 0 Å². The number of fused-ring (bicyclic) bond motifs is 2. The lowest BCUT2D eigenvalue weighted by Gasteiger charge is -2.17. The van der Waals surface area contributed by atoms with Gasteiger partial charge in [0.15, 0.2) is 11.5 Å². The first kappa shape index (κ1) is 13.5. The number of carbonyl (C=O) groups is 1. The van der Waals surface area contributed by atoms with Gasteiger partial charge in [0.25, 0.3) is 0 Å². The average Bonchev–Trinajstić information content (AvgIpc) is 2.89. The topological polar surface area (TPSA) is 47.6 Å². The number of hydrogen-bond acceptors (Lipinski definition) is 4. The molecule has 112 valence electrons. The molecule has 4 nitrogen and oxygen atoms in total. The zero-order valence-electron chi connectivity index (χ0n) is 12.1. The molecule has 22 heavy (non-hydrogen) atoms. The maximum atomic E-state index is 12.0. The molecule has 2 aliphatic heterocycles. The minimum absolute atomic E-state index is 0.0136. The normalized spacial score (nSPS) is 19.3. The first-order valence-electron chi connectivity index (χ1n) is 7.12. The molecule has 0 aromatic heterocycles. The zero-order valence-corrected chi connectivity index (χ0v) is 12.9. The van der Waals surface area contributed by atoms with Crippen molar-refractivity contribution >= 4 is 23.4 Å². The molecule has 5 heteroatoms. The van der Waals surface area contributed by atoms with E-state index >= 15 is 0 Å². The summed E-state index contributed by atoms with van der Waals surface area (Å²) >= 11 is 1.63. The average molecular weight is 313 g/mol. The SMILES string of the molecule is Cc1ccc(C2SCC(=O)Nc3cc4c(cc32)OCO4)cc1. The Morgan fingerprint density at radius 2 is 1.86 bits per heavy atom. The second kappa shape index (κ2) is 5.25. The van der Waals surface area contributed by atoms with E-state index in [-0.39, 0.29) is 18.0 Å². The predicted molar refractivity (Wildman–Crippen MR) is 86.7 cm³/mol. The lowest BCUT2D eigenvalue weighted by atomic mass is 10.0. The molecule has 0 saturated heterocycles. The molecule has 2 aromatic carbocycles. The number of rotatable bonds is 1. The number of thioether (sulfide) groups is 1. The van der Waals surface area contributed by atoms with Crippen LogP contribution in [0.4, 0.5) is 5.69 Å². The fourth-order valence-electron chi connectivity index (χ4n) is 2.73. The number of anilines is 1. The molecule has 0 fully saturated rings. The van der Waals surface area contributed by atoms with Crippen LogP contribution >= 0.6 is 11.8 Å². The third kappa shape index (κ3) is 2.31. The largest absolute Gasteiger partial charge is 0.454 e. The molecule has 2 aromatic rings. The Balaban J connectivity index is 1.83. The predicted octanol–water partition coefficient (Wildman–Crippen LogP) is 3.50. The molecule has 4 rings (SSSR count). The molecule has 2 heterocycles. The molecule has 1 amide bonds. The number of carbonyl (C=O) groups excluding carboxylic acids is 1. The van der Waals surface area contributed by atoms with Crippen LogP contribution in [0.25, 0.3) is 0 Å². The minimum atomic E-state index is 0.0136. The van der Waals surface area contributed by atoms with Gasteiger partial charge in [0.1, 0.15) is 0 Å². The third-order valence-electron chi connectivity index (χ3n) is 3.86. The second-order valence-electron chi connectivity index (χ2n) is 5.44. The summed E-state index contributed by atoms with van der Waals surface area (Å²) in [5.74, 6) is 1.88. The van der Waals surface area contributed by atoms with Crippen LogP contribution in [0.1, 0.15) is 21.9 Å². The van der Waals surface area contributed by atoms with E-state index in [2.05, 4.69) is 36.5 Å². The number of amides is 1. The van der Waals surface area contributed by atoms with Crippen molar-refractivity contribution in [2.75, 3.05) is 17.9 Å². The van der Waals surface area contributed by atoms with Crippen molar-refractivity contribution in [3.8, 4) is 11.5 Å². The zero-order chi connectivity index (χ0) is 15.1. The molecular formula is C17H15NO3S. The summed E-state index contributed by atoms with van der Waals surface area (Å²) in [6, 6.07) is 12.3. The number of nitrogens with one attached hydrogen (secondary N) is 1. The molecule has 2 aliphatic rings. The van der Waals surface area contributed by atoms with Gasteiger partial charge in [-0.25, -0.2) is 0 Å². The quantitative estimate of drug-likeness (QED) is 0.875. The number of benzene rings is 2. The van der Waals surface area contributed by atoms with Gasteiger partial charge in [-0.2, -0.15) is 0 Å². The lowest BCUT2D eigenvalue weighted by Crippen LogP contribution is -2.12. The molecule has 1 unspecified atom stereocenters. The van der Waals surface area contributed by atoms with Crippen molar-refractivity contribution in [3.63, 3.8) is 0 Å². The van der Waals surface area contributed by atoms with Gasteiger partial charge in [-0.15, -0.1) is 11.8 Å². The van der Waals surface area contributed by atoms with Crippen LogP contribution in [-0.4, -0.2) is 18.5 Å². The Kier molecular flexibility index (Phi) is 3.22. The van der Waals surface area contributed by atoms with Crippen molar-refractivity contribution in [2.24, 2.45) is 0 Å². The van der Waals surface area contributed by atoms with Crippen LogP contribution in [0, 0.1) is 6.92 Å². The molecule has 0 aliphatic carbocycles. The summed E-state index contributed by atoms with van der Waals surface area (Å²) < 4.78 is 10.9. The summed E-state index contributed by atoms with van der Waals surface area (Å²) in [5.41, 5.74) is 4.28. The first-order valence-corrected chi connectivity index (χ1v) is 8.17. The number of aryl methyl sites for hydroxylation is 1. The molecule has 0 spiro atoms. The Bertz CT molecular complexity index is 742. The first-order chi connectivity index (χ1) is 10.7. The van der Waals surface area contributed by atoms with E-state index in [4.69, 9.17) is 9.47 Å². The van der Waals surface area contributed by atoms with Gasteiger partial charge >= 0.3 is 0 Å². The number of ether oxygens (including phenoxy) is 2. The van der Waals surface area contributed by atoms with Crippen LogP contribution in [0.15, 0.2) is 36.4 Å². The van der Waals surface area contributed by atoms with Gasteiger partial charge < -0.3 is 14.8 Å². The van der Waals surface area contributed by atoms with Gasteiger partial charge in [-0.1, -0.05) is 29.8 Å². The molecule has 1 N–H and O–H groups in total. The third-order valence-corrected chi connectivity index (χ3v) is 5.15. The Hall–Kier alpha value is -2.14. The van der Waals surface area contributed by atoms with E-state index in [0.29, 0.717) is 11.5 Å². The van der Waals surface area contributed by atoms with Crippen molar-refractivity contribution in [2.45, 2.75) is 12.2 Å². The maximum Gasteiger partial charge on any atom is 0.234 e. The highest BCUT2D eigenvalue weighted by Gasteiger charge is 2.27. The van der Waals surface area contributed by atoms with Crippen molar-refractivity contribution < 1.29 is 14.3 Å². The van der Waals surface area contributed by atoms with Crippen LogP contribution in [-0.2, 0) is 4.79 Å². The van der Waals surface area contributed by atoms with Gasteiger partial charge in [-0.05, 0) is 24.1 Å². The number of hydrogen-bond donors (Lipinski definition) is 1. The van der Waals surface area contributed by atoms with Crippen LogP contribution in [0.3, 0.4) is 0 Å². The van der Waals surface area contributed by atoms with Crippen LogP contribution in [0.2, 0.25) is 0 Å². The summed E-state index contributed by atoms with van der Waals surface area (Å²) in [5, 5.41) is 3.07. The van der Waals surface area contributed by atoms with Gasteiger partial charge in [0.2, 0.25) is 12.7 Å². The summed E-state index contributed by atoms with van der Waals surface area (Å²) in [7, 11) is 0. The highest BCUT2D eigenvalue weighted by atomic mass is 32.2. The smallest absolute Gasteiger partial charge is 0.234 e. The maximum absolute atomic E-state index is 12.0. The van der Waals surface area contributed by atoms with Crippen LogP contribution < -0.4 is 14.8 Å². The van der Waals surface area contributed by atoms with Crippen molar-refractivity contribution in [1.82, 2.24) is 0 Å². The van der Waals surface area contributed by atoms with E-state index < -0.39 is 0 Å². The van der Waals surface area contributed by atoms with E-state index in [1.54, 1.807) is 11.8 Å².